The van der Waals surface area contributed by atoms with E-state index in [1.807, 2.05) is 0 Å². The van der Waals surface area contributed by atoms with E-state index < -0.39 is 12.1 Å². The Morgan fingerprint density at radius 3 is 2.88 bits per heavy atom. The number of carbonyl (C=O) groups excluding carboxylic acids is 3. The Kier molecular flexibility index (Phi) is 3.08. The standard InChI is InChI=1S/C10H11N3O4/c14-8-6(12-10(16)13-8)3-4-11-9(15)7-2-1-5-17-7/h1-2,5-6H,3-4H2,(H,11,15)(H2,12,13,14,16). The minimum Gasteiger partial charge on any atom is -0.459 e. The van der Waals surface area contributed by atoms with Crippen molar-refractivity contribution < 1.29 is 18.8 Å². The molecular formula is C10H11N3O4. The van der Waals surface area contributed by atoms with Crippen LogP contribution in [0.25, 0.3) is 0 Å². The van der Waals surface area contributed by atoms with Gasteiger partial charge in [-0.3, -0.25) is 14.9 Å². The number of rotatable bonds is 4. The summed E-state index contributed by atoms with van der Waals surface area (Å²) in [5.74, 6) is -0.508. The molecule has 2 heterocycles. The van der Waals surface area contributed by atoms with E-state index in [2.05, 4.69) is 16.0 Å². The number of imide groups is 1. The number of nitrogens with one attached hydrogen (secondary N) is 3. The zero-order chi connectivity index (χ0) is 12.3. The van der Waals surface area contributed by atoms with Gasteiger partial charge in [-0.1, -0.05) is 0 Å². The van der Waals surface area contributed by atoms with Gasteiger partial charge < -0.3 is 15.1 Å². The van der Waals surface area contributed by atoms with Crippen LogP contribution in [0.5, 0.6) is 0 Å². The van der Waals surface area contributed by atoms with Gasteiger partial charge in [-0.2, -0.15) is 0 Å². The van der Waals surface area contributed by atoms with Crippen LogP contribution in [0.3, 0.4) is 0 Å². The summed E-state index contributed by atoms with van der Waals surface area (Å²) in [5.41, 5.74) is 0. The average molecular weight is 237 g/mol. The van der Waals surface area contributed by atoms with Crippen molar-refractivity contribution >= 4 is 17.8 Å². The monoisotopic (exact) mass is 237 g/mol. The van der Waals surface area contributed by atoms with Gasteiger partial charge in [0.15, 0.2) is 5.76 Å². The Labute approximate surface area is 96.5 Å². The van der Waals surface area contributed by atoms with Crippen LogP contribution in [-0.4, -0.2) is 30.4 Å². The normalized spacial score (nSPS) is 18.7. The Morgan fingerprint density at radius 2 is 2.29 bits per heavy atom. The molecule has 7 heteroatoms. The van der Waals surface area contributed by atoms with Gasteiger partial charge in [-0.05, 0) is 18.6 Å². The van der Waals surface area contributed by atoms with Gasteiger partial charge in [0.05, 0.1) is 6.26 Å². The van der Waals surface area contributed by atoms with Crippen LogP contribution in [0.1, 0.15) is 17.0 Å². The molecule has 0 spiro atoms. The fraction of sp³-hybridized carbons (Fsp3) is 0.300. The Hall–Kier alpha value is -2.31. The molecule has 0 aliphatic carbocycles. The first-order valence-electron chi connectivity index (χ1n) is 5.10. The zero-order valence-electron chi connectivity index (χ0n) is 8.86. The summed E-state index contributed by atoms with van der Waals surface area (Å²) in [5, 5.41) is 7.13. The third-order valence-corrected chi connectivity index (χ3v) is 2.32. The van der Waals surface area contributed by atoms with Crippen molar-refractivity contribution in [3.63, 3.8) is 0 Å². The predicted octanol–water partition coefficient (Wildman–Crippen LogP) is -0.393. The molecule has 1 aliphatic rings. The van der Waals surface area contributed by atoms with Crippen molar-refractivity contribution in [2.75, 3.05) is 6.54 Å². The molecule has 90 valence electrons. The number of hydrogen-bond donors (Lipinski definition) is 3. The fourth-order valence-electron chi connectivity index (χ4n) is 1.49. The summed E-state index contributed by atoms with van der Waals surface area (Å²) in [7, 11) is 0. The first-order valence-corrected chi connectivity index (χ1v) is 5.10. The third-order valence-electron chi connectivity index (χ3n) is 2.32. The molecule has 3 N–H and O–H groups in total. The highest BCUT2D eigenvalue weighted by Crippen LogP contribution is 2.01. The highest BCUT2D eigenvalue weighted by atomic mass is 16.3. The average Bonchev–Trinajstić information content (AvgIpc) is 2.89. The Balaban J connectivity index is 1.75. The lowest BCUT2D eigenvalue weighted by Crippen LogP contribution is -2.34. The van der Waals surface area contributed by atoms with Gasteiger partial charge in [-0.15, -0.1) is 0 Å². The molecule has 4 amide bonds. The molecule has 0 aromatic carbocycles. The maximum atomic E-state index is 11.4. The van der Waals surface area contributed by atoms with E-state index in [-0.39, 0.29) is 24.1 Å². The molecule has 7 nitrogen and oxygen atoms in total. The first-order chi connectivity index (χ1) is 8.16. The molecule has 2 rings (SSSR count). The van der Waals surface area contributed by atoms with Crippen LogP contribution in [-0.2, 0) is 4.79 Å². The Bertz CT molecular complexity index is 440. The minimum atomic E-state index is -0.584. The molecule has 1 aromatic heterocycles. The predicted molar refractivity (Wildman–Crippen MR) is 56.1 cm³/mol. The van der Waals surface area contributed by atoms with Crippen molar-refractivity contribution in [3.05, 3.63) is 24.2 Å². The highest BCUT2D eigenvalue weighted by Gasteiger charge is 2.28. The van der Waals surface area contributed by atoms with Crippen molar-refractivity contribution in [1.82, 2.24) is 16.0 Å². The van der Waals surface area contributed by atoms with Gasteiger partial charge in [0.2, 0.25) is 0 Å². The fourth-order valence-corrected chi connectivity index (χ4v) is 1.49. The quantitative estimate of drug-likeness (QED) is 0.620. The first kappa shape index (κ1) is 11.2. The number of carbonyl (C=O) groups is 3. The summed E-state index contributed by atoms with van der Waals surface area (Å²) >= 11 is 0. The van der Waals surface area contributed by atoms with Gasteiger partial charge in [-0.25, -0.2) is 4.79 Å². The van der Waals surface area contributed by atoms with E-state index >= 15 is 0 Å². The number of furan rings is 1. The second kappa shape index (κ2) is 4.69. The molecule has 0 radical (unpaired) electrons. The zero-order valence-corrected chi connectivity index (χ0v) is 8.86. The van der Waals surface area contributed by atoms with E-state index in [0.29, 0.717) is 6.42 Å². The topological polar surface area (TPSA) is 100 Å². The molecule has 0 saturated carbocycles. The maximum absolute atomic E-state index is 11.4. The maximum Gasteiger partial charge on any atom is 0.322 e. The second-order valence-electron chi connectivity index (χ2n) is 3.54. The number of urea groups is 1. The number of amides is 4. The smallest absolute Gasteiger partial charge is 0.322 e. The van der Waals surface area contributed by atoms with E-state index in [1.165, 1.54) is 6.26 Å². The molecule has 1 saturated heterocycles. The minimum absolute atomic E-state index is 0.213. The summed E-state index contributed by atoms with van der Waals surface area (Å²) in [6, 6.07) is 2.07. The van der Waals surface area contributed by atoms with E-state index in [1.54, 1.807) is 12.1 Å². The lowest BCUT2D eigenvalue weighted by molar-refractivity contribution is -0.120. The third kappa shape index (κ3) is 2.63. The summed E-state index contributed by atoms with van der Waals surface area (Å²) < 4.78 is 4.89. The number of hydrogen-bond acceptors (Lipinski definition) is 4. The van der Waals surface area contributed by atoms with E-state index in [9.17, 15) is 14.4 Å². The van der Waals surface area contributed by atoms with Crippen molar-refractivity contribution in [2.45, 2.75) is 12.5 Å². The van der Waals surface area contributed by atoms with Gasteiger partial charge in [0.1, 0.15) is 6.04 Å². The Morgan fingerprint density at radius 1 is 1.47 bits per heavy atom. The summed E-state index contributed by atoms with van der Waals surface area (Å²) in [4.78, 5) is 33.4. The molecule has 1 atom stereocenters. The lowest BCUT2D eigenvalue weighted by atomic mass is 10.2. The second-order valence-corrected chi connectivity index (χ2v) is 3.54. The van der Waals surface area contributed by atoms with Crippen molar-refractivity contribution in [2.24, 2.45) is 0 Å². The molecule has 1 aromatic rings. The van der Waals surface area contributed by atoms with Crippen molar-refractivity contribution in [3.8, 4) is 0 Å². The SMILES string of the molecule is O=C1NC(=O)C(CCNC(=O)c2ccco2)N1. The van der Waals surface area contributed by atoms with Crippen LogP contribution >= 0.6 is 0 Å². The molecule has 0 bridgehead atoms. The summed E-state index contributed by atoms with van der Waals surface area (Å²) in [6.07, 6.45) is 1.74. The molecule has 1 fully saturated rings. The van der Waals surface area contributed by atoms with Crippen LogP contribution in [0, 0.1) is 0 Å². The van der Waals surface area contributed by atoms with Crippen molar-refractivity contribution in [1.29, 1.82) is 0 Å². The molecule has 1 aliphatic heterocycles. The van der Waals surface area contributed by atoms with Gasteiger partial charge in [0.25, 0.3) is 11.8 Å². The van der Waals surface area contributed by atoms with Crippen LogP contribution in [0.4, 0.5) is 4.79 Å². The summed E-state index contributed by atoms with van der Waals surface area (Å²) in [6.45, 7) is 0.276. The molecule has 1 unspecified atom stereocenters. The van der Waals surface area contributed by atoms with E-state index in [0.717, 1.165) is 0 Å². The van der Waals surface area contributed by atoms with Gasteiger partial charge in [0, 0.05) is 6.54 Å². The lowest BCUT2D eigenvalue weighted by Gasteiger charge is -2.07. The van der Waals surface area contributed by atoms with Crippen LogP contribution < -0.4 is 16.0 Å². The molecule has 17 heavy (non-hydrogen) atoms. The van der Waals surface area contributed by atoms with Crippen LogP contribution in [0.15, 0.2) is 22.8 Å². The van der Waals surface area contributed by atoms with E-state index in [4.69, 9.17) is 4.42 Å². The largest absolute Gasteiger partial charge is 0.459 e. The highest BCUT2D eigenvalue weighted by molar-refractivity contribution is 6.04. The molecular weight excluding hydrogens is 226 g/mol. The van der Waals surface area contributed by atoms with Crippen LogP contribution in [0.2, 0.25) is 0 Å². The van der Waals surface area contributed by atoms with Gasteiger partial charge >= 0.3 is 6.03 Å².